The third-order valence-electron chi connectivity index (χ3n) is 3.19. The average Bonchev–Trinajstić information content (AvgIpc) is 2.50. The molecule has 0 aliphatic carbocycles. The van der Waals surface area contributed by atoms with Crippen LogP contribution in [-0.2, 0) is 16.9 Å². The zero-order valence-corrected chi connectivity index (χ0v) is 12.8. The summed E-state index contributed by atoms with van der Waals surface area (Å²) in [6.07, 6.45) is 1.26. The fraction of sp³-hybridized carbons (Fsp3) is 0.0667. The molecule has 0 aliphatic rings. The molecule has 0 amide bonds. The second-order valence-corrected chi connectivity index (χ2v) is 6.61. The average molecular weight is 335 g/mol. The second kappa shape index (κ2) is 6.00. The SMILES string of the molecule is O=c1[nH]cc([S+]([O-])Cc2ccc3cc(Cl)ccc3c2)[nH]c1=O. The van der Waals surface area contributed by atoms with Crippen LogP contribution in [0.2, 0.25) is 5.02 Å². The van der Waals surface area contributed by atoms with E-state index >= 15 is 0 Å². The quantitative estimate of drug-likeness (QED) is 0.568. The van der Waals surface area contributed by atoms with Crippen molar-refractivity contribution in [2.24, 2.45) is 0 Å². The van der Waals surface area contributed by atoms with Gasteiger partial charge in [-0.15, -0.1) is 0 Å². The number of nitrogens with one attached hydrogen (secondary N) is 2. The number of aromatic amines is 2. The molecule has 0 bridgehead atoms. The number of aromatic nitrogens is 2. The van der Waals surface area contributed by atoms with Crippen molar-refractivity contribution in [2.45, 2.75) is 10.8 Å². The maximum Gasteiger partial charge on any atom is 0.317 e. The Morgan fingerprint density at radius 3 is 2.55 bits per heavy atom. The van der Waals surface area contributed by atoms with E-state index in [1.165, 1.54) is 6.20 Å². The minimum atomic E-state index is -1.45. The molecule has 2 N–H and O–H groups in total. The molecule has 0 radical (unpaired) electrons. The maximum atomic E-state index is 12.3. The number of halogens is 1. The predicted octanol–water partition coefficient (Wildman–Crippen LogP) is 2.18. The van der Waals surface area contributed by atoms with E-state index < -0.39 is 22.3 Å². The van der Waals surface area contributed by atoms with Gasteiger partial charge in [0.1, 0.15) is 5.75 Å². The number of benzene rings is 2. The fourth-order valence-corrected chi connectivity index (χ4v) is 3.32. The van der Waals surface area contributed by atoms with Gasteiger partial charge in [0.2, 0.25) is 5.03 Å². The number of hydrogen-bond donors (Lipinski definition) is 2. The van der Waals surface area contributed by atoms with Crippen molar-refractivity contribution in [3.05, 3.63) is 73.9 Å². The minimum absolute atomic E-state index is 0.195. The van der Waals surface area contributed by atoms with Crippen LogP contribution in [0, 0.1) is 0 Å². The molecule has 3 rings (SSSR count). The van der Waals surface area contributed by atoms with Crippen molar-refractivity contribution in [3.8, 4) is 0 Å². The van der Waals surface area contributed by atoms with E-state index in [0.29, 0.717) is 5.02 Å². The Morgan fingerprint density at radius 1 is 1.05 bits per heavy atom. The number of fused-ring (bicyclic) bond motifs is 1. The monoisotopic (exact) mass is 334 g/mol. The Hall–Kier alpha value is -2.02. The zero-order chi connectivity index (χ0) is 15.7. The van der Waals surface area contributed by atoms with Crippen LogP contribution in [0.3, 0.4) is 0 Å². The molecule has 5 nitrogen and oxygen atoms in total. The normalized spacial score (nSPS) is 12.5. The molecule has 1 heterocycles. The van der Waals surface area contributed by atoms with E-state index in [1.807, 2.05) is 30.3 Å². The molecule has 0 aliphatic heterocycles. The van der Waals surface area contributed by atoms with Gasteiger partial charge >= 0.3 is 11.1 Å². The highest BCUT2D eigenvalue weighted by atomic mass is 35.5. The summed E-state index contributed by atoms with van der Waals surface area (Å²) in [5, 5.41) is 2.85. The number of hydrogen-bond acceptors (Lipinski definition) is 3. The van der Waals surface area contributed by atoms with Crippen LogP contribution in [0.4, 0.5) is 0 Å². The lowest BCUT2D eigenvalue weighted by atomic mass is 10.1. The lowest BCUT2D eigenvalue weighted by molar-refractivity contribution is 0.589. The molecule has 0 saturated heterocycles. The summed E-state index contributed by atoms with van der Waals surface area (Å²) in [4.78, 5) is 26.9. The smallest absolute Gasteiger partial charge is 0.317 e. The standard InChI is InChI=1S/C15H11ClN2O3S/c16-12-4-3-10-5-9(1-2-11(10)6-12)8-22(21)13-7-17-14(19)15(20)18-13/h1-7H,8H2,(H,17,19)(H,18,20). The molecule has 1 aromatic heterocycles. The van der Waals surface area contributed by atoms with E-state index in [0.717, 1.165) is 16.3 Å². The van der Waals surface area contributed by atoms with Gasteiger partial charge in [-0.25, -0.2) is 0 Å². The van der Waals surface area contributed by atoms with Gasteiger partial charge in [-0.2, -0.15) is 0 Å². The summed E-state index contributed by atoms with van der Waals surface area (Å²) in [6, 6.07) is 11.2. The summed E-state index contributed by atoms with van der Waals surface area (Å²) in [5.74, 6) is 0.237. The van der Waals surface area contributed by atoms with Gasteiger partial charge < -0.3 is 9.54 Å². The van der Waals surface area contributed by atoms with Crippen molar-refractivity contribution in [2.75, 3.05) is 0 Å². The van der Waals surface area contributed by atoms with Gasteiger partial charge in [-0.05, 0) is 29.0 Å². The lowest BCUT2D eigenvalue weighted by Crippen LogP contribution is -2.30. The molecule has 7 heteroatoms. The Labute approximate surface area is 133 Å². The second-order valence-electron chi connectivity index (χ2n) is 4.75. The van der Waals surface area contributed by atoms with Gasteiger partial charge in [-0.1, -0.05) is 29.8 Å². The van der Waals surface area contributed by atoms with Crippen molar-refractivity contribution >= 4 is 33.5 Å². The maximum absolute atomic E-state index is 12.3. The first-order chi connectivity index (χ1) is 10.5. The van der Waals surface area contributed by atoms with Crippen molar-refractivity contribution in [1.82, 2.24) is 9.97 Å². The number of H-pyrrole nitrogens is 2. The topological polar surface area (TPSA) is 88.8 Å². The zero-order valence-electron chi connectivity index (χ0n) is 11.3. The Morgan fingerprint density at radius 2 is 1.77 bits per heavy atom. The molecule has 112 valence electrons. The third kappa shape index (κ3) is 3.09. The first-order valence-corrected chi connectivity index (χ1v) is 8.11. The summed E-state index contributed by atoms with van der Waals surface area (Å²) in [6.45, 7) is 0. The molecule has 22 heavy (non-hydrogen) atoms. The molecule has 1 unspecified atom stereocenters. The van der Waals surface area contributed by atoms with Gasteiger partial charge in [-0.3, -0.25) is 14.6 Å². The van der Waals surface area contributed by atoms with Crippen LogP contribution in [0.5, 0.6) is 0 Å². The van der Waals surface area contributed by atoms with Gasteiger partial charge in [0.05, 0.1) is 6.20 Å². The Kier molecular flexibility index (Phi) is 4.06. The highest BCUT2D eigenvalue weighted by Crippen LogP contribution is 2.22. The molecule has 0 spiro atoms. The molecule has 1 atom stereocenters. The molecule has 3 aromatic rings. The predicted molar refractivity (Wildman–Crippen MR) is 86.8 cm³/mol. The van der Waals surface area contributed by atoms with Crippen LogP contribution in [-0.4, -0.2) is 14.5 Å². The largest absolute Gasteiger partial charge is 0.610 e. The van der Waals surface area contributed by atoms with Gasteiger partial charge in [0.15, 0.2) is 0 Å². The fourth-order valence-electron chi connectivity index (χ4n) is 2.11. The van der Waals surface area contributed by atoms with Gasteiger partial charge in [0, 0.05) is 21.8 Å². The van der Waals surface area contributed by atoms with Gasteiger partial charge in [0.25, 0.3) is 0 Å². The summed E-state index contributed by atoms with van der Waals surface area (Å²) >= 11 is 4.49. The van der Waals surface area contributed by atoms with Crippen LogP contribution in [0.1, 0.15) is 5.56 Å². The van der Waals surface area contributed by atoms with Crippen LogP contribution < -0.4 is 11.1 Å². The van der Waals surface area contributed by atoms with E-state index in [-0.39, 0.29) is 10.8 Å². The summed E-state index contributed by atoms with van der Waals surface area (Å²) in [7, 11) is 0. The summed E-state index contributed by atoms with van der Waals surface area (Å²) < 4.78 is 12.3. The first kappa shape index (κ1) is 14.9. The molecule has 2 aromatic carbocycles. The summed E-state index contributed by atoms with van der Waals surface area (Å²) in [5.41, 5.74) is -0.706. The Balaban J connectivity index is 1.88. The van der Waals surface area contributed by atoms with Crippen molar-refractivity contribution < 1.29 is 4.55 Å². The highest BCUT2D eigenvalue weighted by Gasteiger charge is 2.14. The third-order valence-corrected chi connectivity index (χ3v) is 4.73. The highest BCUT2D eigenvalue weighted by molar-refractivity contribution is 7.90. The minimum Gasteiger partial charge on any atom is -0.610 e. The Bertz CT molecular complexity index is 951. The molecular weight excluding hydrogens is 324 g/mol. The van der Waals surface area contributed by atoms with Crippen LogP contribution >= 0.6 is 11.6 Å². The van der Waals surface area contributed by atoms with E-state index in [9.17, 15) is 14.1 Å². The van der Waals surface area contributed by atoms with Crippen molar-refractivity contribution in [3.63, 3.8) is 0 Å². The van der Waals surface area contributed by atoms with E-state index in [1.54, 1.807) is 6.07 Å². The molecule has 0 saturated carbocycles. The molecule has 0 fully saturated rings. The first-order valence-electron chi connectivity index (χ1n) is 6.41. The van der Waals surface area contributed by atoms with E-state index in [2.05, 4.69) is 9.97 Å². The van der Waals surface area contributed by atoms with Crippen LogP contribution in [0.15, 0.2) is 57.2 Å². The lowest BCUT2D eigenvalue weighted by Gasteiger charge is -2.10. The number of rotatable bonds is 3. The molecular formula is C15H11ClN2O3S. The van der Waals surface area contributed by atoms with E-state index in [4.69, 9.17) is 11.6 Å². The van der Waals surface area contributed by atoms with Crippen molar-refractivity contribution in [1.29, 1.82) is 0 Å². The van der Waals surface area contributed by atoms with Crippen LogP contribution in [0.25, 0.3) is 10.8 Å².